The molecule has 102 valence electrons. The van der Waals surface area contributed by atoms with E-state index in [1.54, 1.807) is 6.07 Å². The van der Waals surface area contributed by atoms with Crippen molar-refractivity contribution in [3.05, 3.63) is 34.1 Å². The number of benzene rings is 1. The lowest BCUT2D eigenvalue weighted by atomic mass is 9.98. The molecule has 1 aromatic rings. The first kappa shape index (κ1) is 15.6. The molecule has 4 heteroatoms. The van der Waals surface area contributed by atoms with E-state index in [9.17, 15) is 4.39 Å². The third-order valence-corrected chi connectivity index (χ3v) is 3.63. The van der Waals surface area contributed by atoms with Gasteiger partial charge in [-0.25, -0.2) is 4.39 Å². The monoisotopic (exact) mass is 317 g/mol. The van der Waals surface area contributed by atoms with Crippen LogP contribution in [0.2, 0.25) is 0 Å². The Balaban J connectivity index is 2.76. The van der Waals surface area contributed by atoms with Crippen molar-refractivity contribution < 1.29 is 9.50 Å². The van der Waals surface area contributed by atoms with Crippen molar-refractivity contribution in [3.8, 4) is 0 Å². The first-order valence-electron chi connectivity index (χ1n) is 6.27. The predicted molar refractivity (Wildman–Crippen MR) is 76.0 cm³/mol. The highest BCUT2D eigenvalue weighted by molar-refractivity contribution is 9.10. The van der Waals surface area contributed by atoms with Gasteiger partial charge in [-0.05, 0) is 31.4 Å². The Hall–Kier alpha value is -0.450. The molecule has 0 bridgehead atoms. The van der Waals surface area contributed by atoms with Crippen molar-refractivity contribution in [2.45, 2.75) is 39.3 Å². The van der Waals surface area contributed by atoms with Crippen LogP contribution in [0.1, 0.15) is 38.8 Å². The zero-order valence-corrected chi connectivity index (χ0v) is 12.7. The van der Waals surface area contributed by atoms with Crippen LogP contribution in [0.4, 0.5) is 4.39 Å². The van der Waals surface area contributed by atoms with Crippen molar-refractivity contribution in [2.24, 2.45) is 5.92 Å². The molecule has 0 aromatic heterocycles. The maximum absolute atomic E-state index is 13.8. The zero-order valence-electron chi connectivity index (χ0n) is 11.1. The third-order valence-electron chi connectivity index (χ3n) is 3.14. The van der Waals surface area contributed by atoms with Crippen molar-refractivity contribution >= 4 is 15.9 Å². The average Bonchev–Trinajstić information content (AvgIpc) is 2.27. The molecule has 0 amide bonds. The molecule has 2 N–H and O–H groups in total. The minimum Gasteiger partial charge on any atom is -0.396 e. The summed E-state index contributed by atoms with van der Waals surface area (Å²) in [6.07, 6.45) is 0.681. The summed E-state index contributed by atoms with van der Waals surface area (Å²) in [5.74, 6) is 0.189. The van der Waals surface area contributed by atoms with Crippen molar-refractivity contribution in [2.75, 3.05) is 6.61 Å². The Morgan fingerprint density at radius 3 is 2.50 bits per heavy atom. The maximum Gasteiger partial charge on any atom is 0.129 e. The predicted octanol–water partition coefficient (Wildman–Crippen LogP) is 3.65. The SMILES string of the molecule is CC(NC(CCO)C(C)C)c1ccc(Br)cc1F. The molecular formula is C14H21BrFNO. The van der Waals surface area contributed by atoms with Gasteiger partial charge in [-0.15, -0.1) is 0 Å². The number of halogens is 2. The molecule has 0 aliphatic carbocycles. The van der Waals surface area contributed by atoms with Gasteiger partial charge < -0.3 is 10.4 Å². The molecule has 0 saturated heterocycles. The molecule has 0 aliphatic rings. The van der Waals surface area contributed by atoms with E-state index in [0.29, 0.717) is 17.9 Å². The highest BCUT2D eigenvalue weighted by Gasteiger charge is 2.18. The molecule has 2 atom stereocenters. The van der Waals surface area contributed by atoms with Gasteiger partial charge in [0.15, 0.2) is 0 Å². The molecule has 2 unspecified atom stereocenters. The third kappa shape index (κ3) is 4.34. The second-order valence-corrected chi connectivity index (χ2v) is 5.83. The minimum absolute atomic E-state index is 0.0722. The lowest BCUT2D eigenvalue weighted by Gasteiger charge is -2.26. The van der Waals surface area contributed by atoms with Crippen LogP contribution in [0, 0.1) is 11.7 Å². The molecule has 18 heavy (non-hydrogen) atoms. The van der Waals surface area contributed by atoms with E-state index in [2.05, 4.69) is 35.1 Å². The highest BCUT2D eigenvalue weighted by atomic mass is 79.9. The largest absolute Gasteiger partial charge is 0.396 e. The van der Waals surface area contributed by atoms with Crippen LogP contribution in [0.15, 0.2) is 22.7 Å². The Labute approximate surface area is 117 Å². The normalized spacial score (nSPS) is 14.8. The molecular weight excluding hydrogens is 297 g/mol. The fourth-order valence-electron chi connectivity index (χ4n) is 2.01. The lowest BCUT2D eigenvalue weighted by Crippen LogP contribution is -2.36. The van der Waals surface area contributed by atoms with E-state index < -0.39 is 0 Å². The Morgan fingerprint density at radius 2 is 2.00 bits per heavy atom. The highest BCUT2D eigenvalue weighted by Crippen LogP contribution is 2.22. The summed E-state index contributed by atoms with van der Waals surface area (Å²) in [6, 6.07) is 5.22. The van der Waals surface area contributed by atoms with Gasteiger partial charge in [0.2, 0.25) is 0 Å². The summed E-state index contributed by atoms with van der Waals surface area (Å²) in [5, 5.41) is 12.4. The molecule has 0 saturated carbocycles. The van der Waals surface area contributed by atoms with Gasteiger partial charge in [0.1, 0.15) is 5.82 Å². The molecule has 1 rings (SSSR count). The lowest BCUT2D eigenvalue weighted by molar-refractivity contribution is 0.236. The molecule has 0 aliphatic heterocycles. The number of rotatable bonds is 6. The second-order valence-electron chi connectivity index (χ2n) is 4.92. The fraction of sp³-hybridized carbons (Fsp3) is 0.571. The summed E-state index contributed by atoms with van der Waals surface area (Å²) in [5.41, 5.74) is 0.654. The number of hydrogen-bond acceptors (Lipinski definition) is 2. The summed E-state index contributed by atoms with van der Waals surface area (Å²) < 4.78 is 14.6. The Bertz CT molecular complexity index is 384. The number of hydrogen-bond donors (Lipinski definition) is 2. The standard InChI is InChI=1S/C14H21BrFNO/c1-9(2)14(6-7-18)17-10(3)12-5-4-11(15)8-13(12)16/h4-5,8-10,14,17-18H,6-7H2,1-3H3. The molecule has 0 radical (unpaired) electrons. The quantitative estimate of drug-likeness (QED) is 0.839. The number of aliphatic hydroxyl groups is 1. The van der Waals surface area contributed by atoms with Crippen LogP contribution in [0.3, 0.4) is 0 Å². The van der Waals surface area contributed by atoms with E-state index in [4.69, 9.17) is 5.11 Å². The summed E-state index contributed by atoms with van der Waals surface area (Å²) in [4.78, 5) is 0. The zero-order chi connectivity index (χ0) is 13.7. The topological polar surface area (TPSA) is 32.3 Å². The van der Waals surface area contributed by atoms with Crippen molar-refractivity contribution in [3.63, 3.8) is 0 Å². The van der Waals surface area contributed by atoms with Crippen LogP contribution in [-0.4, -0.2) is 17.8 Å². The van der Waals surface area contributed by atoms with Crippen LogP contribution in [0.25, 0.3) is 0 Å². The van der Waals surface area contributed by atoms with Gasteiger partial charge in [0.05, 0.1) is 0 Å². The van der Waals surface area contributed by atoms with Gasteiger partial charge in [-0.2, -0.15) is 0 Å². The van der Waals surface area contributed by atoms with E-state index in [1.165, 1.54) is 6.07 Å². The minimum atomic E-state index is -0.212. The maximum atomic E-state index is 13.8. The van der Waals surface area contributed by atoms with Gasteiger partial charge in [-0.3, -0.25) is 0 Å². The fourth-order valence-corrected chi connectivity index (χ4v) is 2.34. The molecule has 0 spiro atoms. The molecule has 1 aromatic carbocycles. The summed E-state index contributed by atoms with van der Waals surface area (Å²) in [7, 11) is 0. The van der Waals surface area contributed by atoms with E-state index in [1.807, 2.05) is 13.0 Å². The van der Waals surface area contributed by atoms with Gasteiger partial charge in [-0.1, -0.05) is 35.8 Å². The first-order valence-corrected chi connectivity index (χ1v) is 7.06. The Kier molecular flexibility index (Phi) is 6.26. The van der Waals surface area contributed by atoms with Gasteiger partial charge in [0, 0.05) is 28.7 Å². The van der Waals surface area contributed by atoms with Gasteiger partial charge in [0.25, 0.3) is 0 Å². The first-order chi connectivity index (χ1) is 8.45. The smallest absolute Gasteiger partial charge is 0.129 e. The molecule has 0 fully saturated rings. The summed E-state index contributed by atoms with van der Waals surface area (Å²) >= 11 is 3.25. The van der Waals surface area contributed by atoms with Crippen LogP contribution >= 0.6 is 15.9 Å². The summed E-state index contributed by atoms with van der Waals surface area (Å²) in [6.45, 7) is 6.28. The van der Waals surface area contributed by atoms with Crippen molar-refractivity contribution in [1.29, 1.82) is 0 Å². The number of nitrogens with one attached hydrogen (secondary N) is 1. The van der Waals surface area contributed by atoms with Crippen LogP contribution < -0.4 is 5.32 Å². The molecule has 2 nitrogen and oxygen atoms in total. The average molecular weight is 318 g/mol. The van der Waals surface area contributed by atoms with Crippen LogP contribution in [-0.2, 0) is 0 Å². The Morgan fingerprint density at radius 1 is 1.33 bits per heavy atom. The second kappa shape index (κ2) is 7.22. The van der Waals surface area contributed by atoms with E-state index in [-0.39, 0.29) is 24.5 Å². The van der Waals surface area contributed by atoms with Crippen molar-refractivity contribution in [1.82, 2.24) is 5.32 Å². The molecule has 0 heterocycles. The van der Waals surface area contributed by atoms with E-state index >= 15 is 0 Å². The van der Waals surface area contributed by atoms with Crippen LogP contribution in [0.5, 0.6) is 0 Å². The van der Waals surface area contributed by atoms with Gasteiger partial charge >= 0.3 is 0 Å². The number of aliphatic hydroxyl groups excluding tert-OH is 1. The van der Waals surface area contributed by atoms with E-state index in [0.717, 1.165) is 4.47 Å².